The Balaban J connectivity index is 1.64. The van der Waals surface area contributed by atoms with Crippen molar-refractivity contribution >= 4 is 7.67 Å². The summed E-state index contributed by atoms with van der Waals surface area (Å²) in [5.74, 6) is 0. The first-order chi connectivity index (χ1) is 14.2. The van der Waals surface area contributed by atoms with E-state index in [-0.39, 0.29) is 0 Å². The summed E-state index contributed by atoms with van der Waals surface area (Å²) < 4.78 is 19.1. The molecule has 0 spiro atoms. The average Bonchev–Trinajstić information content (AvgIpc) is 2.77. The Bertz CT molecular complexity index is 453. The first-order valence-electron chi connectivity index (χ1n) is 13.1. The third kappa shape index (κ3) is 5.30. The van der Waals surface area contributed by atoms with E-state index in [0.717, 1.165) is 51.4 Å². The fourth-order valence-electron chi connectivity index (χ4n) is 6.95. The second kappa shape index (κ2) is 10.6. The number of rotatable bonds is 6. The van der Waals surface area contributed by atoms with Gasteiger partial charge in [0.1, 0.15) is 0 Å². The van der Waals surface area contributed by atoms with Crippen LogP contribution in [0.3, 0.4) is 0 Å². The van der Waals surface area contributed by atoms with Gasteiger partial charge in [-0.3, -0.25) is 4.57 Å². The van der Waals surface area contributed by atoms with E-state index in [1.165, 1.54) is 77.0 Å². The number of nitrogens with zero attached hydrogens (tertiary/aromatic N) is 2. The predicted octanol–water partition coefficient (Wildman–Crippen LogP) is 7.02. The molecule has 0 radical (unpaired) electrons. The van der Waals surface area contributed by atoms with Crippen LogP contribution in [0.2, 0.25) is 0 Å². The van der Waals surface area contributed by atoms with Crippen LogP contribution in [0.15, 0.2) is 0 Å². The maximum Gasteiger partial charge on any atom is 0.344 e. The van der Waals surface area contributed by atoms with Gasteiger partial charge in [-0.2, -0.15) is 0 Å². The third-order valence-corrected chi connectivity index (χ3v) is 10.9. The molecule has 5 heteroatoms. The normalized spacial score (nSPS) is 27.7. The fraction of sp³-hybridized carbons (Fsp3) is 1.00. The SMILES string of the molecule is O=P(O)(N(C1CCCCC1)C1CCCCC1)N(C1CCCCC1)C1CCCCC1. The van der Waals surface area contributed by atoms with E-state index in [9.17, 15) is 9.46 Å². The molecule has 4 fully saturated rings. The first kappa shape index (κ1) is 22.3. The van der Waals surface area contributed by atoms with Crippen LogP contribution in [-0.4, -0.2) is 38.4 Å². The lowest BCUT2D eigenvalue weighted by Gasteiger charge is -2.51. The number of hydrogen-bond acceptors (Lipinski definition) is 1. The Labute approximate surface area is 179 Å². The van der Waals surface area contributed by atoms with Gasteiger partial charge in [0.05, 0.1) is 0 Å². The van der Waals surface area contributed by atoms with Crippen molar-refractivity contribution in [2.75, 3.05) is 0 Å². The lowest BCUT2D eigenvalue weighted by Crippen LogP contribution is -2.51. The van der Waals surface area contributed by atoms with Crippen LogP contribution in [0.25, 0.3) is 0 Å². The minimum atomic E-state index is -3.52. The Morgan fingerprint density at radius 2 is 0.655 bits per heavy atom. The van der Waals surface area contributed by atoms with Gasteiger partial charge in [-0.25, -0.2) is 9.34 Å². The van der Waals surface area contributed by atoms with E-state index >= 15 is 0 Å². The monoisotopic (exact) mass is 424 g/mol. The minimum Gasteiger partial charge on any atom is -0.322 e. The van der Waals surface area contributed by atoms with Gasteiger partial charge in [0.2, 0.25) is 0 Å². The summed E-state index contributed by atoms with van der Waals surface area (Å²) >= 11 is 0. The zero-order valence-electron chi connectivity index (χ0n) is 18.6. The molecule has 0 bridgehead atoms. The summed E-state index contributed by atoms with van der Waals surface area (Å²) in [6.45, 7) is 0. The van der Waals surface area contributed by atoms with Crippen LogP contribution < -0.4 is 0 Å². The molecular weight excluding hydrogens is 379 g/mol. The Hall–Kier alpha value is 0.110. The molecule has 4 aliphatic rings. The minimum absolute atomic E-state index is 0.331. The Kier molecular flexibility index (Phi) is 8.17. The highest BCUT2D eigenvalue weighted by molar-refractivity contribution is 7.53. The molecule has 0 aromatic rings. The molecule has 4 nitrogen and oxygen atoms in total. The van der Waals surface area contributed by atoms with Crippen molar-refractivity contribution in [1.82, 2.24) is 9.34 Å². The van der Waals surface area contributed by atoms with Gasteiger partial charge >= 0.3 is 7.67 Å². The molecule has 29 heavy (non-hydrogen) atoms. The van der Waals surface area contributed by atoms with E-state index in [2.05, 4.69) is 9.34 Å². The summed E-state index contributed by atoms with van der Waals surface area (Å²) in [6, 6.07) is 1.32. The van der Waals surface area contributed by atoms with Gasteiger partial charge < -0.3 is 4.89 Å². The highest BCUT2D eigenvalue weighted by atomic mass is 31.2. The smallest absolute Gasteiger partial charge is 0.322 e. The predicted molar refractivity (Wildman–Crippen MR) is 121 cm³/mol. The quantitative estimate of drug-likeness (QED) is 0.465. The van der Waals surface area contributed by atoms with Gasteiger partial charge in [0.25, 0.3) is 0 Å². The van der Waals surface area contributed by atoms with Crippen molar-refractivity contribution in [3.8, 4) is 0 Å². The van der Waals surface area contributed by atoms with Gasteiger partial charge in [-0.15, -0.1) is 0 Å². The van der Waals surface area contributed by atoms with Gasteiger partial charge in [0, 0.05) is 24.2 Å². The molecule has 0 aromatic carbocycles. The van der Waals surface area contributed by atoms with E-state index in [0.29, 0.717) is 24.2 Å². The second-order valence-electron chi connectivity index (χ2n) is 10.4. The standard InChI is InChI=1S/C24H45N2O2P/c27-29(28,25(21-13-5-1-6-14-21)22-15-7-2-8-16-22)26(23-17-9-3-10-18-23)24-19-11-4-12-20-24/h21-24H,1-20H2,(H,27,28). The fourth-order valence-corrected chi connectivity index (χ4v) is 9.81. The Morgan fingerprint density at radius 1 is 0.448 bits per heavy atom. The largest absolute Gasteiger partial charge is 0.344 e. The third-order valence-electron chi connectivity index (χ3n) is 8.40. The van der Waals surface area contributed by atoms with Crippen LogP contribution in [0.1, 0.15) is 128 Å². The lowest BCUT2D eigenvalue weighted by molar-refractivity contribution is 0.0918. The van der Waals surface area contributed by atoms with Crippen molar-refractivity contribution in [2.24, 2.45) is 0 Å². The van der Waals surface area contributed by atoms with E-state index in [1.54, 1.807) is 0 Å². The molecule has 168 valence electrons. The average molecular weight is 425 g/mol. The van der Waals surface area contributed by atoms with Crippen molar-refractivity contribution in [3.63, 3.8) is 0 Å². The van der Waals surface area contributed by atoms with Crippen LogP contribution in [0.4, 0.5) is 0 Å². The summed E-state index contributed by atoms with van der Waals surface area (Å²) in [5, 5.41) is 0. The van der Waals surface area contributed by atoms with Gasteiger partial charge in [-0.1, -0.05) is 77.0 Å². The molecule has 0 atom stereocenters. The highest BCUT2D eigenvalue weighted by Gasteiger charge is 2.49. The summed E-state index contributed by atoms with van der Waals surface area (Å²) in [4.78, 5) is 12.1. The van der Waals surface area contributed by atoms with Gasteiger partial charge in [-0.05, 0) is 51.4 Å². The molecule has 0 aromatic heterocycles. The summed E-state index contributed by atoms with van der Waals surface area (Å²) in [5.41, 5.74) is 0. The summed E-state index contributed by atoms with van der Waals surface area (Å²) in [7, 11) is -3.52. The molecular formula is C24H45N2O2P. The van der Waals surface area contributed by atoms with Gasteiger partial charge in [0.15, 0.2) is 0 Å². The van der Waals surface area contributed by atoms with E-state index < -0.39 is 7.67 Å². The molecule has 0 amide bonds. The van der Waals surface area contributed by atoms with Crippen molar-refractivity contribution in [2.45, 2.75) is 153 Å². The van der Waals surface area contributed by atoms with Crippen molar-refractivity contribution in [1.29, 1.82) is 0 Å². The highest BCUT2D eigenvalue weighted by Crippen LogP contribution is 2.59. The molecule has 4 aliphatic carbocycles. The first-order valence-corrected chi connectivity index (χ1v) is 14.6. The molecule has 1 N–H and O–H groups in total. The lowest BCUT2D eigenvalue weighted by atomic mass is 9.90. The Morgan fingerprint density at radius 3 is 0.862 bits per heavy atom. The summed E-state index contributed by atoms with van der Waals surface area (Å²) in [6.07, 6.45) is 24.1. The number of hydrogen-bond donors (Lipinski definition) is 1. The molecule has 4 rings (SSSR count). The van der Waals surface area contributed by atoms with E-state index in [1.807, 2.05) is 0 Å². The second-order valence-corrected chi connectivity index (χ2v) is 12.4. The molecule has 0 unspecified atom stereocenters. The topological polar surface area (TPSA) is 43.8 Å². The zero-order chi connectivity index (χ0) is 20.1. The van der Waals surface area contributed by atoms with Crippen molar-refractivity contribution < 1.29 is 9.46 Å². The van der Waals surface area contributed by atoms with Crippen LogP contribution in [0.5, 0.6) is 0 Å². The molecule has 0 heterocycles. The van der Waals surface area contributed by atoms with E-state index in [4.69, 9.17) is 0 Å². The van der Waals surface area contributed by atoms with Crippen LogP contribution in [0, 0.1) is 0 Å². The molecule has 4 saturated carbocycles. The molecule has 0 saturated heterocycles. The van der Waals surface area contributed by atoms with Crippen LogP contribution in [-0.2, 0) is 4.57 Å². The molecule has 0 aliphatic heterocycles. The maximum absolute atomic E-state index is 14.6. The van der Waals surface area contributed by atoms with Crippen molar-refractivity contribution in [3.05, 3.63) is 0 Å². The maximum atomic E-state index is 14.6. The van der Waals surface area contributed by atoms with Crippen LogP contribution >= 0.6 is 7.67 Å². The zero-order valence-corrected chi connectivity index (χ0v) is 19.5.